The molecule has 0 saturated carbocycles. The second kappa shape index (κ2) is 6.66. The lowest BCUT2D eigenvalue weighted by atomic mass is 10.3. The van der Waals surface area contributed by atoms with E-state index in [1.807, 2.05) is 6.07 Å². The molecule has 0 aliphatic carbocycles. The maximum absolute atomic E-state index is 5.66. The molecular formula is C11H18N4O. The fourth-order valence-electron chi connectivity index (χ4n) is 1.11. The van der Waals surface area contributed by atoms with Crippen LogP contribution in [0.15, 0.2) is 23.3 Å². The summed E-state index contributed by atoms with van der Waals surface area (Å²) in [6, 6.07) is 3.73. The van der Waals surface area contributed by atoms with Gasteiger partial charge in [-0.05, 0) is 12.0 Å². The third-order valence-electron chi connectivity index (χ3n) is 1.99. The largest absolute Gasteiger partial charge is 0.481 e. The Labute approximate surface area is 95.7 Å². The number of ether oxygens (including phenoxy) is 1. The zero-order valence-electron chi connectivity index (χ0n) is 9.73. The molecule has 0 atom stereocenters. The van der Waals surface area contributed by atoms with Crippen molar-refractivity contribution in [1.82, 2.24) is 10.3 Å². The number of rotatable bonds is 5. The highest BCUT2D eigenvalue weighted by Gasteiger charge is 1.95. The van der Waals surface area contributed by atoms with Gasteiger partial charge >= 0.3 is 0 Å². The normalized spacial score (nSPS) is 11.2. The molecule has 1 aromatic rings. The highest BCUT2D eigenvalue weighted by Crippen LogP contribution is 2.07. The van der Waals surface area contributed by atoms with Crippen molar-refractivity contribution in [3.05, 3.63) is 23.9 Å². The molecule has 0 aliphatic rings. The average molecular weight is 222 g/mol. The van der Waals surface area contributed by atoms with Crippen molar-refractivity contribution in [3.63, 3.8) is 0 Å². The molecule has 0 saturated heterocycles. The lowest BCUT2D eigenvalue weighted by Crippen LogP contribution is -2.32. The Bertz CT molecular complexity index is 334. The lowest BCUT2D eigenvalue weighted by Gasteiger charge is -2.03. The summed E-state index contributed by atoms with van der Waals surface area (Å²) < 4.78 is 4.96. The number of aromatic nitrogens is 1. The number of hydrogen-bond acceptors (Lipinski definition) is 3. The van der Waals surface area contributed by atoms with E-state index in [1.165, 1.54) is 0 Å². The first kappa shape index (κ1) is 12.3. The zero-order chi connectivity index (χ0) is 11.8. The molecule has 0 bridgehead atoms. The minimum absolute atomic E-state index is 0.470. The summed E-state index contributed by atoms with van der Waals surface area (Å²) in [4.78, 5) is 8.27. The fourth-order valence-corrected chi connectivity index (χ4v) is 1.11. The third-order valence-corrected chi connectivity index (χ3v) is 1.99. The van der Waals surface area contributed by atoms with Crippen LogP contribution < -0.4 is 15.8 Å². The standard InChI is InChI=1S/C11H18N4O/c1-3-6-13-11(12)15-8-9-4-5-10(16-2)14-7-9/h4-5,7H,3,6,8H2,1-2H3,(H3,12,13,15). The zero-order valence-corrected chi connectivity index (χ0v) is 9.73. The van der Waals surface area contributed by atoms with Gasteiger partial charge in [-0.2, -0.15) is 0 Å². The molecule has 0 unspecified atom stereocenters. The summed E-state index contributed by atoms with van der Waals surface area (Å²) in [6.45, 7) is 3.45. The number of nitrogens with one attached hydrogen (secondary N) is 1. The molecule has 1 aromatic heterocycles. The Balaban J connectivity index is 2.46. The first-order valence-electron chi connectivity index (χ1n) is 5.29. The predicted molar refractivity (Wildman–Crippen MR) is 64.4 cm³/mol. The summed E-state index contributed by atoms with van der Waals surface area (Å²) >= 11 is 0. The maximum Gasteiger partial charge on any atom is 0.212 e. The summed E-state index contributed by atoms with van der Waals surface area (Å²) in [6.07, 6.45) is 2.76. The number of guanidine groups is 1. The highest BCUT2D eigenvalue weighted by molar-refractivity contribution is 5.77. The molecule has 0 amide bonds. The van der Waals surface area contributed by atoms with E-state index in [9.17, 15) is 0 Å². The molecule has 0 fully saturated rings. The van der Waals surface area contributed by atoms with E-state index >= 15 is 0 Å². The molecule has 16 heavy (non-hydrogen) atoms. The molecule has 0 aromatic carbocycles. The van der Waals surface area contributed by atoms with Gasteiger partial charge in [0.05, 0.1) is 13.7 Å². The van der Waals surface area contributed by atoms with Gasteiger partial charge < -0.3 is 15.8 Å². The van der Waals surface area contributed by atoms with E-state index < -0.39 is 0 Å². The minimum Gasteiger partial charge on any atom is -0.481 e. The van der Waals surface area contributed by atoms with Crippen LogP contribution in [0.25, 0.3) is 0 Å². The topological polar surface area (TPSA) is 72.5 Å². The van der Waals surface area contributed by atoms with Crippen LogP contribution in [0.1, 0.15) is 18.9 Å². The Kier molecular flexibility index (Phi) is 5.11. The van der Waals surface area contributed by atoms with Gasteiger partial charge in [-0.3, -0.25) is 0 Å². The van der Waals surface area contributed by atoms with Crippen LogP contribution in [0.3, 0.4) is 0 Å². The molecule has 0 radical (unpaired) electrons. The minimum atomic E-state index is 0.470. The monoisotopic (exact) mass is 222 g/mol. The molecule has 1 rings (SSSR count). The first-order chi connectivity index (χ1) is 7.76. The van der Waals surface area contributed by atoms with Crippen molar-refractivity contribution >= 4 is 5.96 Å². The van der Waals surface area contributed by atoms with Gasteiger partial charge in [0.2, 0.25) is 5.88 Å². The van der Waals surface area contributed by atoms with E-state index in [-0.39, 0.29) is 0 Å². The highest BCUT2D eigenvalue weighted by atomic mass is 16.5. The van der Waals surface area contributed by atoms with Gasteiger partial charge in [0.25, 0.3) is 0 Å². The van der Waals surface area contributed by atoms with Crippen LogP contribution in [0.5, 0.6) is 5.88 Å². The molecule has 5 heteroatoms. The van der Waals surface area contributed by atoms with Crippen molar-refractivity contribution in [2.75, 3.05) is 13.7 Å². The molecule has 0 spiro atoms. The lowest BCUT2D eigenvalue weighted by molar-refractivity contribution is 0.397. The summed E-state index contributed by atoms with van der Waals surface area (Å²) in [5.41, 5.74) is 6.66. The molecule has 0 aliphatic heterocycles. The smallest absolute Gasteiger partial charge is 0.212 e. The van der Waals surface area contributed by atoms with Gasteiger partial charge in [0.1, 0.15) is 0 Å². The number of aliphatic imine (C=N–C) groups is 1. The van der Waals surface area contributed by atoms with Crippen molar-refractivity contribution in [2.45, 2.75) is 19.9 Å². The van der Waals surface area contributed by atoms with Gasteiger partial charge in [-0.15, -0.1) is 0 Å². The summed E-state index contributed by atoms with van der Waals surface area (Å²) in [7, 11) is 1.59. The predicted octanol–water partition coefficient (Wildman–Crippen LogP) is 0.904. The van der Waals surface area contributed by atoms with Crippen molar-refractivity contribution in [2.24, 2.45) is 10.7 Å². The quantitative estimate of drug-likeness (QED) is 0.573. The maximum atomic E-state index is 5.66. The number of methoxy groups -OCH3 is 1. The van der Waals surface area contributed by atoms with E-state index in [4.69, 9.17) is 10.5 Å². The van der Waals surface area contributed by atoms with Crippen molar-refractivity contribution < 1.29 is 4.74 Å². The first-order valence-corrected chi connectivity index (χ1v) is 5.29. The number of hydrogen-bond donors (Lipinski definition) is 2. The van der Waals surface area contributed by atoms with E-state index in [1.54, 1.807) is 19.4 Å². The molecule has 3 N–H and O–H groups in total. The fraction of sp³-hybridized carbons (Fsp3) is 0.455. The van der Waals surface area contributed by atoms with Crippen LogP contribution in [0, 0.1) is 0 Å². The number of nitrogens with zero attached hydrogens (tertiary/aromatic N) is 2. The van der Waals surface area contributed by atoms with Gasteiger partial charge in [0.15, 0.2) is 5.96 Å². The van der Waals surface area contributed by atoms with Crippen LogP contribution >= 0.6 is 0 Å². The van der Waals surface area contributed by atoms with Crippen molar-refractivity contribution in [1.29, 1.82) is 0 Å². The number of nitrogens with two attached hydrogens (primary N) is 1. The average Bonchev–Trinajstić information content (AvgIpc) is 2.34. The molecule has 88 valence electrons. The van der Waals surface area contributed by atoms with Gasteiger partial charge in [-0.25, -0.2) is 9.98 Å². The van der Waals surface area contributed by atoms with Crippen molar-refractivity contribution in [3.8, 4) is 5.88 Å². The van der Waals surface area contributed by atoms with Crippen LogP contribution in [0.2, 0.25) is 0 Å². The van der Waals surface area contributed by atoms with E-state index in [2.05, 4.69) is 22.2 Å². The van der Waals surface area contributed by atoms with Crippen LogP contribution in [-0.4, -0.2) is 24.6 Å². The third kappa shape index (κ3) is 4.16. The molecule has 1 heterocycles. The van der Waals surface area contributed by atoms with Gasteiger partial charge in [0, 0.05) is 18.8 Å². The second-order valence-corrected chi connectivity index (χ2v) is 3.34. The molecular weight excluding hydrogens is 204 g/mol. The Morgan fingerprint density at radius 3 is 2.94 bits per heavy atom. The van der Waals surface area contributed by atoms with Gasteiger partial charge in [-0.1, -0.05) is 13.0 Å². The van der Waals surface area contributed by atoms with E-state index in [0.717, 1.165) is 18.5 Å². The summed E-state index contributed by atoms with van der Waals surface area (Å²) in [5.74, 6) is 1.07. The molecule has 5 nitrogen and oxygen atoms in total. The summed E-state index contributed by atoms with van der Waals surface area (Å²) in [5, 5.41) is 3.01. The Morgan fingerprint density at radius 1 is 1.56 bits per heavy atom. The number of pyridine rings is 1. The Hall–Kier alpha value is -1.78. The van der Waals surface area contributed by atoms with Crippen LogP contribution in [0.4, 0.5) is 0 Å². The van der Waals surface area contributed by atoms with E-state index in [0.29, 0.717) is 18.4 Å². The SMILES string of the molecule is CCCNC(N)=NCc1ccc(OC)nc1. The Morgan fingerprint density at radius 2 is 2.38 bits per heavy atom. The van der Waals surface area contributed by atoms with Crippen LogP contribution in [-0.2, 0) is 6.54 Å². The second-order valence-electron chi connectivity index (χ2n) is 3.34.